The Hall–Kier alpha value is -3.26. The second-order valence-electron chi connectivity index (χ2n) is 6.77. The van der Waals surface area contributed by atoms with Crippen LogP contribution in [-0.2, 0) is 20.7 Å². The third-order valence-electron chi connectivity index (χ3n) is 4.05. The first-order valence-electron chi connectivity index (χ1n) is 9.38. The van der Waals surface area contributed by atoms with Gasteiger partial charge in [0.15, 0.2) is 6.29 Å². The highest BCUT2D eigenvalue weighted by atomic mass is 16.5. The molecule has 2 rings (SSSR count). The Balaban J connectivity index is 1.90. The molecule has 0 spiro atoms. The van der Waals surface area contributed by atoms with Crippen LogP contribution in [0.5, 0.6) is 0 Å². The number of aryl methyl sites for hydroxylation is 1. The highest BCUT2D eigenvalue weighted by Gasteiger charge is 2.16. The quantitative estimate of drug-likeness (QED) is 0.319. The molecule has 154 valence electrons. The number of carbonyl (C=O) groups excluding carboxylic acids is 3. The van der Waals surface area contributed by atoms with E-state index in [1.54, 1.807) is 13.8 Å². The van der Waals surface area contributed by atoms with Crippen LogP contribution in [0, 0.1) is 0 Å². The van der Waals surface area contributed by atoms with E-state index in [4.69, 9.17) is 10.5 Å². The van der Waals surface area contributed by atoms with Crippen LogP contribution in [0.2, 0.25) is 0 Å². The molecule has 1 aromatic heterocycles. The van der Waals surface area contributed by atoms with Crippen molar-refractivity contribution in [2.75, 3.05) is 17.2 Å². The Morgan fingerprint density at radius 2 is 2.10 bits per heavy atom. The monoisotopic (exact) mass is 398 g/mol. The molecule has 4 N–H and O–H groups in total. The normalized spacial score (nSPS) is 12.5. The van der Waals surface area contributed by atoms with Gasteiger partial charge in [-0.25, -0.2) is 4.79 Å². The molecule has 29 heavy (non-hydrogen) atoms. The number of hydrogen-bond acceptors (Lipinski definition) is 7. The number of pyridine rings is 1. The molecule has 0 saturated heterocycles. The van der Waals surface area contributed by atoms with Gasteiger partial charge in [0.05, 0.1) is 24.1 Å². The lowest BCUT2D eigenvalue weighted by molar-refractivity contribution is -0.116. The molecule has 8 heteroatoms. The highest BCUT2D eigenvalue weighted by molar-refractivity contribution is 6.00. The van der Waals surface area contributed by atoms with Gasteiger partial charge in [0, 0.05) is 18.3 Å². The molecule has 0 unspecified atom stereocenters. The number of benzene rings is 1. The number of aromatic nitrogens is 1. The van der Waals surface area contributed by atoms with Crippen molar-refractivity contribution in [3.8, 4) is 0 Å². The number of hydrogen-bond donors (Lipinski definition) is 3. The number of nitrogens with zero attached hydrogens (tertiary/aromatic N) is 1. The van der Waals surface area contributed by atoms with Crippen LogP contribution >= 0.6 is 0 Å². The molecule has 0 saturated carbocycles. The van der Waals surface area contributed by atoms with E-state index < -0.39 is 11.6 Å². The van der Waals surface area contributed by atoms with Gasteiger partial charge in [-0.1, -0.05) is 12.1 Å². The summed E-state index contributed by atoms with van der Waals surface area (Å²) in [7, 11) is 0. The molecule has 0 radical (unpaired) electrons. The lowest BCUT2D eigenvalue weighted by Gasteiger charge is -2.20. The van der Waals surface area contributed by atoms with Gasteiger partial charge in [0.25, 0.3) is 0 Å². The number of amides is 1. The molecule has 0 aliphatic heterocycles. The van der Waals surface area contributed by atoms with E-state index in [9.17, 15) is 14.4 Å². The van der Waals surface area contributed by atoms with Crippen LogP contribution in [0.25, 0.3) is 0 Å². The van der Waals surface area contributed by atoms with E-state index in [1.165, 1.54) is 18.5 Å². The number of carbonyl (C=O) groups is 3. The Bertz CT molecular complexity index is 867. The van der Waals surface area contributed by atoms with Crippen molar-refractivity contribution >= 4 is 29.5 Å². The molecule has 2 aromatic rings. The molecule has 1 atom stereocenters. The molecule has 1 amide bonds. The van der Waals surface area contributed by atoms with E-state index in [-0.39, 0.29) is 24.5 Å². The summed E-state index contributed by atoms with van der Waals surface area (Å²) in [5.74, 6) is -0.718. The zero-order valence-corrected chi connectivity index (χ0v) is 16.6. The maximum Gasteiger partial charge on any atom is 0.340 e. The van der Waals surface area contributed by atoms with Gasteiger partial charge >= 0.3 is 5.97 Å². The van der Waals surface area contributed by atoms with Gasteiger partial charge in [-0.3, -0.25) is 14.6 Å². The SMILES string of the molecule is CCOC(=O)c1ccncc1NC(=O)CCCc1cccc(N[C@](C)(N)C=O)c1. The van der Waals surface area contributed by atoms with E-state index in [0.717, 1.165) is 11.3 Å². The van der Waals surface area contributed by atoms with Crippen molar-refractivity contribution in [3.63, 3.8) is 0 Å². The van der Waals surface area contributed by atoms with Crippen molar-refractivity contribution < 1.29 is 19.1 Å². The van der Waals surface area contributed by atoms with Crippen molar-refractivity contribution in [2.24, 2.45) is 5.73 Å². The van der Waals surface area contributed by atoms with Crippen LogP contribution in [0.15, 0.2) is 42.7 Å². The first-order chi connectivity index (χ1) is 13.8. The number of nitrogens with one attached hydrogen (secondary N) is 2. The van der Waals surface area contributed by atoms with Gasteiger partial charge < -0.3 is 21.1 Å². The van der Waals surface area contributed by atoms with Gasteiger partial charge in [0.2, 0.25) is 5.91 Å². The number of aldehydes is 1. The van der Waals surface area contributed by atoms with Crippen LogP contribution in [0.1, 0.15) is 42.6 Å². The average Bonchev–Trinajstić information content (AvgIpc) is 2.68. The lowest BCUT2D eigenvalue weighted by Crippen LogP contribution is -2.46. The standard InChI is InChI=1S/C21H26N4O4/c1-3-29-20(28)17-10-11-23-13-18(17)24-19(27)9-5-7-15-6-4-8-16(12-15)25-21(2,22)14-26/h4,6,8,10-14,25H,3,5,7,9,22H2,1-2H3,(H,24,27)/t21-/m0/s1. The molecular weight excluding hydrogens is 372 g/mol. The molecule has 0 aliphatic rings. The van der Waals surface area contributed by atoms with Gasteiger partial charge in [0.1, 0.15) is 5.66 Å². The third-order valence-corrected chi connectivity index (χ3v) is 4.05. The fraction of sp³-hybridized carbons (Fsp3) is 0.333. The summed E-state index contributed by atoms with van der Waals surface area (Å²) < 4.78 is 4.99. The number of nitrogens with two attached hydrogens (primary N) is 1. The molecule has 0 bridgehead atoms. The topological polar surface area (TPSA) is 123 Å². The lowest BCUT2D eigenvalue weighted by atomic mass is 10.1. The maximum atomic E-state index is 12.3. The highest BCUT2D eigenvalue weighted by Crippen LogP contribution is 2.17. The first kappa shape index (κ1) is 22.0. The zero-order chi connectivity index (χ0) is 21.3. The fourth-order valence-electron chi connectivity index (χ4n) is 2.69. The van der Waals surface area contributed by atoms with E-state index in [0.29, 0.717) is 24.8 Å². The van der Waals surface area contributed by atoms with Crippen molar-refractivity contribution in [2.45, 2.75) is 38.8 Å². The van der Waals surface area contributed by atoms with E-state index >= 15 is 0 Å². The minimum atomic E-state index is -1.14. The Labute approximate surface area is 169 Å². The summed E-state index contributed by atoms with van der Waals surface area (Å²) in [5.41, 5.74) is 7.00. The Morgan fingerprint density at radius 1 is 1.31 bits per heavy atom. The van der Waals surface area contributed by atoms with E-state index in [2.05, 4.69) is 15.6 Å². The Morgan fingerprint density at radius 3 is 2.83 bits per heavy atom. The Kier molecular flexibility index (Phi) is 7.85. The largest absolute Gasteiger partial charge is 0.462 e. The summed E-state index contributed by atoms with van der Waals surface area (Å²) in [6.45, 7) is 3.55. The smallest absolute Gasteiger partial charge is 0.340 e. The molecule has 0 fully saturated rings. The number of rotatable bonds is 10. The van der Waals surface area contributed by atoms with Gasteiger partial charge in [-0.2, -0.15) is 0 Å². The third kappa shape index (κ3) is 7.00. The molecule has 0 aliphatic carbocycles. The molecule has 1 heterocycles. The minimum Gasteiger partial charge on any atom is -0.462 e. The van der Waals surface area contributed by atoms with Crippen molar-refractivity contribution in [1.82, 2.24) is 4.98 Å². The summed E-state index contributed by atoms with van der Waals surface area (Å²) in [4.78, 5) is 39.1. The second-order valence-corrected chi connectivity index (χ2v) is 6.77. The summed E-state index contributed by atoms with van der Waals surface area (Å²) >= 11 is 0. The summed E-state index contributed by atoms with van der Waals surface area (Å²) in [6.07, 6.45) is 5.10. The van der Waals surface area contributed by atoms with Crippen LogP contribution in [-0.4, -0.2) is 35.4 Å². The molecular formula is C21H26N4O4. The molecule has 8 nitrogen and oxygen atoms in total. The summed E-state index contributed by atoms with van der Waals surface area (Å²) in [6, 6.07) is 9.03. The van der Waals surface area contributed by atoms with Crippen LogP contribution in [0.4, 0.5) is 11.4 Å². The maximum absolute atomic E-state index is 12.3. The predicted octanol–water partition coefficient (Wildman–Crippen LogP) is 2.51. The van der Waals surface area contributed by atoms with Gasteiger partial charge in [-0.15, -0.1) is 0 Å². The first-order valence-corrected chi connectivity index (χ1v) is 9.38. The van der Waals surface area contributed by atoms with Crippen LogP contribution in [0.3, 0.4) is 0 Å². The number of anilines is 2. The fourth-order valence-corrected chi connectivity index (χ4v) is 2.69. The van der Waals surface area contributed by atoms with Crippen LogP contribution < -0.4 is 16.4 Å². The second kappa shape index (κ2) is 10.3. The average molecular weight is 398 g/mol. The number of ether oxygens (including phenoxy) is 1. The zero-order valence-electron chi connectivity index (χ0n) is 16.6. The van der Waals surface area contributed by atoms with Gasteiger partial charge in [-0.05, 0) is 50.5 Å². The minimum absolute atomic E-state index is 0.215. The van der Waals surface area contributed by atoms with Crippen molar-refractivity contribution in [1.29, 1.82) is 0 Å². The van der Waals surface area contributed by atoms with Crippen molar-refractivity contribution in [3.05, 3.63) is 53.9 Å². The predicted molar refractivity (Wildman–Crippen MR) is 110 cm³/mol. The summed E-state index contributed by atoms with van der Waals surface area (Å²) in [5, 5.41) is 5.66. The molecule has 1 aromatic carbocycles. The number of esters is 1. The van der Waals surface area contributed by atoms with E-state index in [1.807, 2.05) is 24.3 Å².